The van der Waals surface area contributed by atoms with Crippen molar-refractivity contribution < 1.29 is 4.79 Å². The maximum absolute atomic E-state index is 13.0. The Bertz CT molecular complexity index is 967. The summed E-state index contributed by atoms with van der Waals surface area (Å²) in [6.07, 6.45) is 0.336. The molecule has 160 valence electrons. The summed E-state index contributed by atoms with van der Waals surface area (Å²) < 4.78 is 1.86. The zero-order valence-corrected chi connectivity index (χ0v) is 19.2. The molecule has 0 bridgehead atoms. The molecule has 1 unspecified atom stereocenters. The van der Waals surface area contributed by atoms with Crippen LogP contribution in [-0.4, -0.2) is 57.7 Å². The Kier molecular flexibility index (Phi) is 6.84. The average molecular weight is 428 g/mol. The molecule has 1 aromatic heterocycles. The van der Waals surface area contributed by atoms with E-state index >= 15 is 0 Å². The van der Waals surface area contributed by atoms with Crippen LogP contribution in [0.15, 0.2) is 18.2 Å². The Labute approximate surface area is 184 Å². The number of aromatic nitrogens is 2. The van der Waals surface area contributed by atoms with Gasteiger partial charge in [0.05, 0.1) is 23.9 Å². The van der Waals surface area contributed by atoms with Gasteiger partial charge in [0.2, 0.25) is 5.91 Å². The van der Waals surface area contributed by atoms with Gasteiger partial charge in [0.15, 0.2) is 0 Å². The van der Waals surface area contributed by atoms with Gasteiger partial charge in [0.25, 0.3) is 0 Å². The van der Waals surface area contributed by atoms with Gasteiger partial charge in [-0.1, -0.05) is 31.5 Å². The standard InChI is InChI=1S/C23H30ClN5O/c1-15(2)22(14-25)27-8-10-28(11-9-27)23(30)13-20-17(4)26-29(18(20)5)19-7-6-16(3)21(24)12-19/h6-7,12,15,22H,8-11,13H2,1-5H3. The third kappa shape index (κ3) is 4.53. The predicted molar refractivity (Wildman–Crippen MR) is 119 cm³/mol. The van der Waals surface area contributed by atoms with Crippen LogP contribution in [0.4, 0.5) is 0 Å². The minimum absolute atomic E-state index is 0.0914. The van der Waals surface area contributed by atoms with E-state index in [2.05, 4.69) is 29.9 Å². The number of nitrogens with zero attached hydrogens (tertiary/aromatic N) is 5. The van der Waals surface area contributed by atoms with Gasteiger partial charge in [-0.3, -0.25) is 9.69 Å². The Morgan fingerprint density at radius 1 is 1.20 bits per heavy atom. The van der Waals surface area contributed by atoms with E-state index in [0.717, 1.165) is 41.3 Å². The Balaban J connectivity index is 1.70. The van der Waals surface area contributed by atoms with Crippen molar-refractivity contribution in [2.45, 2.75) is 47.1 Å². The van der Waals surface area contributed by atoms with Crippen LogP contribution in [0.5, 0.6) is 0 Å². The fourth-order valence-corrected chi connectivity index (χ4v) is 4.24. The van der Waals surface area contributed by atoms with Gasteiger partial charge in [-0.2, -0.15) is 10.4 Å². The number of carbonyl (C=O) groups is 1. The minimum atomic E-state index is -0.0914. The highest BCUT2D eigenvalue weighted by Crippen LogP contribution is 2.23. The van der Waals surface area contributed by atoms with E-state index in [1.807, 2.05) is 48.6 Å². The number of carbonyl (C=O) groups excluding carboxylic acids is 1. The molecule has 1 aromatic carbocycles. The van der Waals surface area contributed by atoms with Gasteiger partial charge in [-0.15, -0.1) is 0 Å². The van der Waals surface area contributed by atoms with E-state index in [0.29, 0.717) is 24.5 Å². The van der Waals surface area contributed by atoms with Crippen LogP contribution >= 0.6 is 11.6 Å². The van der Waals surface area contributed by atoms with E-state index in [4.69, 9.17) is 11.6 Å². The van der Waals surface area contributed by atoms with Crippen molar-refractivity contribution >= 4 is 17.5 Å². The highest BCUT2D eigenvalue weighted by atomic mass is 35.5. The fourth-order valence-electron chi connectivity index (χ4n) is 4.06. The number of amides is 1. The first-order chi connectivity index (χ1) is 14.2. The van der Waals surface area contributed by atoms with Crippen molar-refractivity contribution in [3.8, 4) is 11.8 Å². The topological polar surface area (TPSA) is 65.2 Å². The molecule has 1 fully saturated rings. The van der Waals surface area contributed by atoms with Crippen molar-refractivity contribution in [3.05, 3.63) is 45.7 Å². The number of rotatable bonds is 5. The zero-order valence-electron chi connectivity index (χ0n) is 18.4. The summed E-state index contributed by atoms with van der Waals surface area (Å²) in [4.78, 5) is 17.1. The zero-order chi connectivity index (χ0) is 22.0. The molecule has 1 aliphatic heterocycles. The summed E-state index contributed by atoms with van der Waals surface area (Å²) in [5.41, 5.74) is 4.71. The molecule has 7 heteroatoms. The van der Waals surface area contributed by atoms with E-state index in [1.165, 1.54) is 0 Å². The molecule has 0 radical (unpaired) electrons. The summed E-state index contributed by atoms with van der Waals surface area (Å²) in [6, 6.07) is 8.18. The lowest BCUT2D eigenvalue weighted by Crippen LogP contribution is -2.53. The molecule has 0 aliphatic carbocycles. The van der Waals surface area contributed by atoms with Crippen molar-refractivity contribution in [3.63, 3.8) is 0 Å². The van der Waals surface area contributed by atoms with E-state index < -0.39 is 0 Å². The first kappa shape index (κ1) is 22.3. The van der Waals surface area contributed by atoms with Crippen LogP contribution < -0.4 is 0 Å². The number of aryl methyl sites for hydroxylation is 2. The molecule has 30 heavy (non-hydrogen) atoms. The van der Waals surface area contributed by atoms with Gasteiger partial charge < -0.3 is 4.90 Å². The molecular formula is C23H30ClN5O. The van der Waals surface area contributed by atoms with Crippen LogP contribution in [0.3, 0.4) is 0 Å². The molecule has 0 N–H and O–H groups in total. The quantitative estimate of drug-likeness (QED) is 0.729. The average Bonchev–Trinajstić information content (AvgIpc) is 2.99. The lowest BCUT2D eigenvalue weighted by atomic mass is 10.0. The largest absolute Gasteiger partial charge is 0.340 e. The molecule has 1 saturated heterocycles. The monoisotopic (exact) mass is 427 g/mol. The molecule has 2 aromatic rings. The van der Waals surface area contributed by atoms with Gasteiger partial charge in [-0.25, -0.2) is 4.68 Å². The summed E-state index contributed by atoms with van der Waals surface area (Å²) in [7, 11) is 0. The first-order valence-corrected chi connectivity index (χ1v) is 10.8. The number of hydrogen-bond acceptors (Lipinski definition) is 4. The SMILES string of the molecule is Cc1ccc(-n2nc(C)c(CC(=O)N3CCN(C(C#N)C(C)C)CC3)c2C)cc1Cl. The molecule has 1 aliphatic rings. The van der Waals surface area contributed by atoms with Gasteiger partial charge in [0, 0.05) is 42.5 Å². The Morgan fingerprint density at radius 2 is 1.87 bits per heavy atom. The summed E-state index contributed by atoms with van der Waals surface area (Å²) >= 11 is 6.29. The Morgan fingerprint density at radius 3 is 2.43 bits per heavy atom. The number of halogens is 1. The third-order valence-corrected chi connectivity index (χ3v) is 6.40. The van der Waals surface area contributed by atoms with Crippen molar-refractivity contribution in [2.75, 3.05) is 26.2 Å². The fraction of sp³-hybridized carbons (Fsp3) is 0.522. The second-order valence-corrected chi connectivity index (χ2v) is 8.81. The van der Waals surface area contributed by atoms with E-state index in [1.54, 1.807) is 0 Å². The minimum Gasteiger partial charge on any atom is -0.340 e. The van der Waals surface area contributed by atoms with Gasteiger partial charge in [-0.05, 0) is 44.4 Å². The summed E-state index contributed by atoms with van der Waals surface area (Å²) in [6.45, 7) is 12.8. The number of benzene rings is 1. The molecule has 2 heterocycles. The second kappa shape index (κ2) is 9.20. The van der Waals surface area contributed by atoms with Crippen molar-refractivity contribution in [1.29, 1.82) is 5.26 Å². The molecular weight excluding hydrogens is 398 g/mol. The van der Waals surface area contributed by atoms with Gasteiger partial charge in [0.1, 0.15) is 6.04 Å². The number of hydrogen-bond donors (Lipinski definition) is 0. The van der Waals surface area contributed by atoms with E-state index in [9.17, 15) is 10.1 Å². The molecule has 3 rings (SSSR count). The second-order valence-electron chi connectivity index (χ2n) is 8.41. The molecule has 0 saturated carbocycles. The number of piperazine rings is 1. The summed E-state index contributed by atoms with van der Waals surface area (Å²) in [5, 5.41) is 14.8. The van der Waals surface area contributed by atoms with Crippen LogP contribution in [0.25, 0.3) is 5.69 Å². The smallest absolute Gasteiger partial charge is 0.227 e. The predicted octanol–water partition coefficient (Wildman–Crippen LogP) is 3.69. The maximum Gasteiger partial charge on any atom is 0.227 e. The molecule has 1 atom stereocenters. The molecule has 6 nitrogen and oxygen atoms in total. The molecule has 1 amide bonds. The van der Waals surface area contributed by atoms with Crippen LogP contribution in [-0.2, 0) is 11.2 Å². The molecule has 0 spiro atoms. The maximum atomic E-state index is 13.0. The lowest BCUT2D eigenvalue weighted by Gasteiger charge is -2.38. The van der Waals surface area contributed by atoms with Crippen molar-refractivity contribution in [1.82, 2.24) is 19.6 Å². The van der Waals surface area contributed by atoms with Crippen molar-refractivity contribution in [2.24, 2.45) is 5.92 Å². The van der Waals surface area contributed by atoms with Crippen LogP contribution in [0.2, 0.25) is 5.02 Å². The normalized spacial score (nSPS) is 16.0. The Hall–Kier alpha value is -2.36. The van der Waals surface area contributed by atoms with Gasteiger partial charge >= 0.3 is 0 Å². The van der Waals surface area contributed by atoms with Crippen LogP contribution in [0, 0.1) is 38.0 Å². The van der Waals surface area contributed by atoms with E-state index in [-0.39, 0.29) is 17.9 Å². The van der Waals surface area contributed by atoms with Crippen LogP contribution in [0.1, 0.15) is 36.4 Å². The third-order valence-electron chi connectivity index (χ3n) is 5.99. The highest BCUT2D eigenvalue weighted by Gasteiger charge is 2.28. The first-order valence-electron chi connectivity index (χ1n) is 10.5. The number of nitriles is 1. The summed E-state index contributed by atoms with van der Waals surface area (Å²) in [5.74, 6) is 0.393. The lowest BCUT2D eigenvalue weighted by molar-refractivity contribution is -0.132. The highest BCUT2D eigenvalue weighted by molar-refractivity contribution is 6.31.